The van der Waals surface area contributed by atoms with Gasteiger partial charge in [0.2, 0.25) is 0 Å². The van der Waals surface area contributed by atoms with Crippen molar-refractivity contribution in [3.05, 3.63) is 30.4 Å². The van der Waals surface area contributed by atoms with Gasteiger partial charge in [-0.1, -0.05) is 0 Å². The molecule has 1 fully saturated rings. The van der Waals surface area contributed by atoms with Crippen LogP contribution in [0.4, 0.5) is 0 Å². The first-order valence-electron chi connectivity index (χ1n) is 6.01. The molecule has 2 heterocycles. The van der Waals surface area contributed by atoms with Crippen LogP contribution in [-0.4, -0.2) is 25.8 Å². The minimum absolute atomic E-state index is 0.358. The minimum Gasteiger partial charge on any atom is -0.423 e. The van der Waals surface area contributed by atoms with E-state index in [2.05, 4.69) is 20.4 Å². The number of nitrogens with zero attached hydrogens (tertiary/aromatic N) is 4. The number of ether oxygens (including phenoxy) is 1. The Morgan fingerprint density at radius 2 is 2.39 bits per heavy atom. The van der Waals surface area contributed by atoms with Crippen LogP contribution in [0.2, 0.25) is 0 Å². The molecule has 1 saturated carbocycles. The average Bonchev–Trinajstić information content (AvgIpc) is 3.12. The Hall–Kier alpha value is -1.95. The van der Waals surface area contributed by atoms with Gasteiger partial charge < -0.3 is 10.1 Å². The van der Waals surface area contributed by atoms with E-state index < -0.39 is 0 Å². The van der Waals surface area contributed by atoms with Crippen molar-refractivity contribution in [3.63, 3.8) is 0 Å². The van der Waals surface area contributed by atoms with Crippen LogP contribution < -0.4 is 10.1 Å². The summed E-state index contributed by atoms with van der Waals surface area (Å²) in [5, 5.41) is 7.54. The lowest BCUT2D eigenvalue weighted by molar-refractivity contribution is 0.431. The molecule has 0 unspecified atom stereocenters. The van der Waals surface area contributed by atoms with E-state index >= 15 is 0 Å². The van der Waals surface area contributed by atoms with Crippen molar-refractivity contribution >= 4 is 0 Å². The van der Waals surface area contributed by atoms with E-state index in [9.17, 15) is 0 Å². The van der Waals surface area contributed by atoms with Crippen molar-refractivity contribution in [1.82, 2.24) is 25.1 Å². The molecule has 2 aromatic heterocycles. The first-order valence-corrected chi connectivity index (χ1v) is 6.01. The highest BCUT2D eigenvalue weighted by Crippen LogP contribution is 2.24. The molecular weight excluding hydrogens is 230 g/mol. The fourth-order valence-corrected chi connectivity index (χ4v) is 1.65. The maximum absolute atomic E-state index is 5.66. The lowest BCUT2D eigenvalue weighted by Crippen LogP contribution is -2.16. The predicted molar refractivity (Wildman–Crippen MR) is 65.2 cm³/mol. The van der Waals surface area contributed by atoms with Crippen LogP contribution in [0, 0.1) is 0 Å². The molecule has 3 rings (SSSR count). The molecule has 0 radical (unpaired) electrons. The maximum Gasteiger partial charge on any atom is 0.340 e. The third-order valence-electron chi connectivity index (χ3n) is 2.80. The van der Waals surface area contributed by atoms with Crippen LogP contribution in [-0.2, 0) is 13.6 Å². The van der Waals surface area contributed by atoms with E-state index in [0.717, 1.165) is 17.9 Å². The number of hydrogen-bond acceptors (Lipinski definition) is 5. The molecule has 1 aliphatic carbocycles. The molecule has 18 heavy (non-hydrogen) atoms. The summed E-state index contributed by atoms with van der Waals surface area (Å²) in [4.78, 5) is 8.17. The van der Waals surface area contributed by atoms with Gasteiger partial charge in [-0.05, 0) is 18.9 Å². The zero-order valence-electron chi connectivity index (χ0n) is 10.2. The van der Waals surface area contributed by atoms with E-state index in [0.29, 0.717) is 12.1 Å². The standard InChI is InChI=1S/C12H15N5O/c1-17-8-15-12(16-17)18-11-4-5-13-6-9(11)7-14-10-2-3-10/h4-6,8,10,14H,2-3,7H2,1H3. The highest BCUT2D eigenvalue weighted by molar-refractivity contribution is 5.32. The Bertz CT molecular complexity index is 535. The lowest BCUT2D eigenvalue weighted by atomic mass is 10.2. The SMILES string of the molecule is Cn1cnc(Oc2ccncc2CNC2CC2)n1. The zero-order valence-corrected chi connectivity index (χ0v) is 10.2. The van der Waals surface area contributed by atoms with Crippen LogP contribution in [0.15, 0.2) is 24.8 Å². The summed E-state index contributed by atoms with van der Waals surface area (Å²) in [6.07, 6.45) is 7.65. The number of aryl methyl sites for hydroxylation is 1. The summed E-state index contributed by atoms with van der Waals surface area (Å²) in [6, 6.07) is 2.85. The third-order valence-corrected chi connectivity index (χ3v) is 2.80. The van der Waals surface area contributed by atoms with E-state index in [1.165, 1.54) is 12.8 Å². The predicted octanol–water partition coefficient (Wildman–Crippen LogP) is 1.25. The highest BCUT2D eigenvalue weighted by Gasteiger charge is 2.20. The van der Waals surface area contributed by atoms with E-state index in [-0.39, 0.29) is 0 Å². The molecule has 0 amide bonds. The number of hydrogen-bond donors (Lipinski definition) is 1. The molecule has 0 aliphatic heterocycles. The summed E-state index contributed by atoms with van der Waals surface area (Å²) in [5.41, 5.74) is 1.02. The zero-order chi connectivity index (χ0) is 12.4. The van der Waals surface area contributed by atoms with Gasteiger partial charge in [-0.25, -0.2) is 0 Å². The molecule has 2 aromatic rings. The second-order valence-electron chi connectivity index (χ2n) is 4.44. The molecule has 0 saturated heterocycles. The Labute approximate surface area is 105 Å². The highest BCUT2D eigenvalue weighted by atomic mass is 16.5. The molecule has 0 aromatic carbocycles. The van der Waals surface area contributed by atoms with Gasteiger partial charge in [0.25, 0.3) is 0 Å². The minimum atomic E-state index is 0.358. The van der Waals surface area contributed by atoms with Crippen molar-refractivity contribution in [2.75, 3.05) is 0 Å². The van der Waals surface area contributed by atoms with E-state index in [1.54, 1.807) is 17.2 Å². The Balaban J connectivity index is 1.73. The molecular formula is C12H15N5O. The van der Waals surface area contributed by atoms with Crippen LogP contribution in [0.25, 0.3) is 0 Å². The Morgan fingerprint density at radius 3 is 3.11 bits per heavy atom. The van der Waals surface area contributed by atoms with Crippen LogP contribution in [0.3, 0.4) is 0 Å². The molecule has 6 nitrogen and oxygen atoms in total. The van der Waals surface area contributed by atoms with Gasteiger partial charge in [-0.2, -0.15) is 4.98 Å². The number of pyridine rings is 1. The normalized spacial score (nSPS) is 14.7. The van der Waals surface area contributed by atoms with Crippen molar-refractivity contribution in [3.8, 4) is 11.8 Å². The summed E-state index contributed by atoms with van der Waals surface area (Å²) >= 11 is 0. The fraction of sp³-hybridized carbons (Fsp3) is 0.417. The van der Waals surface area contributed by atoms with Crippen molar-refractivity contribution in [1.29, 1.82) is 0 Å². The number of aromatic nitrogens is 4. The molecule has 0 bridgehead atoms. The second kappa shape index (κ2) is 4.73. The summed E-state index contributed by atoms with van der Waals surface area (Å²) in [5.74, 6) is 0.754. The van der Waals surface area contributed by atoms with E-state index in [4.69, 9.17) is 4.74 Å². The maximum atomic E-state index is 5.66. The topological polar surface area (TPSA) is 64.9 Å². The van der Waals surface area contributed by atoms with Crippen molar-refractivity contribution in [2.24, 2.45) is 7.05 Å². The van der Waals surface area contributed by atoms with Gasteiger partial charge in [0.1, 0.15) is 12.1 Å². The molecule has 0 spiro atoms. The monoisotopic (exact) mass is 245 g/mol. The Kier molecular flexibility index (Phi) is 2.93. The lowest BCUT2D eigenvalue weighted by Gasteiger charge is -2.08. The van der Waals surface area contributed by atoms with Crippen molar-refractivity contribution in [2.45, 2.75) is 25.4 Å². The van der Waals surface area contributed by atoms with Crippen LogP contribution in [0.1, 0.15) is 18.4 Å². The van der Waals surface area contributed by atoms with Gasteiger partial charge in [0.05, 0.1) is 0 Å². The van der Waals surface area contributed by atoms with Gasteiger partial charge in [-0.3, -0.25) is 9.67 Å². The van der Waals surface area contributed by atoms with Gasteiger partial charge in [0.15, 0.2) is 0 Å². The molecule has 94 valence electrons. The smallest absolute Gasteiger partial charge is 0.340 e. The number of rotatable bonds is 5. The average molecular weight is 245 g/mol. The fourth-order valence-electron chi connectivity index (χ4n) is 1.65. The molecule has 1 N–H and O–H groups in total. The van der Waals surface area contributed by atoms with Gasteiger partial charge >= 0.3 is 6.01 Å². The summed E-state index contributed by atoms with van der Waals surface area (Å²) in [7, 11) is 1.81. The van der Waals surface area contributed by atoms with E-state index in [1.807, 2.05) is 19.3 Å². The summed E-state index contributed by atoms with van der Waals surface area (Å²) < 4.78 is 7.27. The second-order valence-corrected chi connectivity index (χ2v) is 4.44. The molecule has 1 aliphatic rings. The first-order chi connectivity index (χ1) is 8.81. The third kappa shape index (κ3) is 2.65. The van der Waals surface area contributed by atoms with Crippen molar-refractivity contribution < 1.29 is 4.74 Å². The summed E-state index contributed by atoms with van der Waals surface area (Å²) in [6.45, 7) is 0.765. The largest absolute Gasteiger partial charge is 0.423 e. The van der Waals surface area contributed by atoms with Crippen LogP contribution in [0.5, 0.6) is 11.8 Å². The molecule has 6 heteroatoms. The number of nitrogens with one attached hydrogen (secondary N) is 1. The first kappa shape index (κ1) is 11.2. The molecule has 0 atom stereocenters. The quantitative estimate of drug-likeness (QED) is 0.859. The van der Waals surface area contributed by atoms with Gasteiger partial charge in [0, 0.05) is 37.6 Å². The Morgan fingerprint density at radius 1 is 1.50 bits per heavy atom. The van der Waals surface area contributed by atoms with Crippen LogP contribution >= 0.6 is 0 Å². The van der Waals surface area contributed by atoms with Gasteiger partial charge in [-0.15, -0.1) is 5.10 Å².